The van der Waals surface area contributed by atoms with Crippen molar-refractivity contribution in [1.29, 1.82) is 0 Å². The van der Waals surface area contributed by atoms with Crippen molar-refractivity contribution < 1.29 is 18.3 Å². The van der Waals surface area contributed by atoms with Crippen LogP contribution in [0, 0.1) is 23.4 Å². The molecule has 0 heterocycles. The molecule has 0 saturated carbocycles. The van der Waals surface area contributed by atoms with E-state index in [1.807, 2.05) is 0 Å². The molecule has 2 aromatic rings. The molecule has 0 aromatic heterocycles. The predicted octanol–water partition coefficient (Wildman–Crippen LogP) is 3.50. The van der Waals surface area contributed by atoms with Gasteiger partial charge in [-0.05, 0) is 48.1 Å². The highest BCUT2D eigenvalue weighted by Crippen LogP contribution is 2.19. The van der Waals surface area contributed by atoms with Crippen LogP contribution >= 0.6 is 0 Å². The molecule has 1 N–H and O–H groups in total. The Balaban J connectivity index is 2.09. The van der Waals surface area contributed by atoms with Gasteiger partial charge in [-0.25, -0.2) is 13.2 Å². The first-order valence-electron chi connectivity index (χ1n) is 6.38. The molecule has 0 amide bonds. The van der Waals surface area contributed by atoms with Gasteiger partial charge in [-0.1, -0.05) is 24.3 Å². The number of aliphatic hydroxyl groups excluding tert-OH is 1. The predicted molar refractivity (Wildman–Crippen MR) is 70.7 cm³/mol. The maximum absolute atomic E-state index is 13.6. The number of halogens is 3. The molecule has 0 aliphatic carbocycles. The highest BCUT2D eigenvalue weighted by Gasteiger charge is 2.14. The van der Waals surface area contributed by atoms with Crippen molar-refractivity contribution in [2.75, 3.05) is 6.61 Å². The van der Waals surface area contributed by atoms with Gasteiger partial charge >= 0.3 is 0 Å². The van der Waals surface area contributed by atoms with Crippen LogP contribution in [0.3, 0.4) is 0 Å². The summed E-state index contributed by atoms with van der Waals surface area (Å²) >= 11 is 0. The lowest BCUT2D eigenvalue weighted by Crippen LogP contribution is -2.14. The van der Waals surface area contributed by atoms with Crippen molar-refractivity contribution in [3.8, 4) is 0 Å². The van der Waals surface area contributed by atoms with Crippen molar-refractivity contribution in [2.24, 2.45) is 5.92 Å². The molecule has 0 saturated heterocycles. The Bertz CT molecular complexity index is 566. The number of benzene rings is 2. The number of hydrogen-bond donors (Lipinski definition) is 1. The fourth-order valence-electron chi connectivity index (χ4n) is 2.17. The zero-order chi connectivity index (χ0) is 14.5. The van der Waals surface area contributed by atoms with E-state index in [-0.39, 0.29) is 30.3 Å². The third-order valence-electron chi connectivity index (χ3n) is 3.24. The van der Waals surface area contributed by atoms with E-state index in [1.54, 1.807) is 12.1 Å². The summed E-state index contributed by atoms with van der Waals surface area (Å²) in [5.41, 5.74) is 1.09. The zero-order valence-corrected chi connectivity index (χ0v) is 10.8. The van der Waals surface area contributed by atoms with Crippen molar-refractivity contribution in [3.63, 3.8) is 0 Å². The van der Waals surface area contributed by atoms with Gasteiger partial charge in [0.05, 0.1) is 0 Å². The topological polar surface area (TPSA) is 20.2 Å². The quantitative estimate of drug-likeness (QED) is 0.888. The summed E-state index contributed by atoms with van der Waals surface area (Å²) in [6, 6.07) is 9.94. The average Bonchev–Trinajstić information content (AvgIpc) is 2.45. The lowest BCUT2D eigenvalue weighted by atomic mass is 9.93. The van der Waals surface area contributed by atoms with Crippen LogP contribution in [0.2, 0.25) is 0 Å². The molecule has 1 unspecified atom stereocenters. The number of rotatable bonds is 5. The summed E-state index contributed by atoms with van der Waals surface area (Å²) in [6.07, 6.45) is 0.713. The molecule has 0 aliphatic rings. The molecule has 20 heavy (non-hydrogen) atoms. The third-order valence-corrected chi connectivity index (χ3v) is 3.24. The molecule has 0 aliphatic heterocycles. The Labute approximate surface area is 115 Å². The van der Waals surface area contributed by atoms with Gasteiger partial charge in [-0.15, -0.1) is 0 Å². The summed E-state index contributed by atoms with van der Waals surface area (Å²) in [4.78, 5) is 0. The van der Waals surface area contributed by atoms with Gasteiger partial charge < -0.3 is 5.11 Å². The van der Waals surface area contributed by atoms with Gasteiger partial charge in [0, 0.05) is 6.61 Å². The van der Waals surface area contributed by atoms with Gasteiger partial charge in [0.2, 0.25) is 0 Å². The first-order chi connectivity index (χ1) is 9.60. The van der Waals surface area contributed by atoms with Crippen LogP contribution in [0.5, 0.6) is 0 Å². The number of aliphatic hydroxyl groups is 1. The summed E-state index contributed by atoms with van der Waals surface area (Å²) in [7, 11) is 0. The Hall–Kier alpha value is -1.81. The van der Waals surface area contributed by atoms with Crippen LogP contribution < -0.4 is 0 Å². The Kier molecular flexibility index (Phi) is 4.79. The Morgan fingerprint density at radius 2 is 1.60 bits per heavy atom. The second kappa shape index (κ2) is 6.57. The molecule has 106 valence electrons. The lowest BCUT2D eigenvalue weighted by molar-refractivity contribution is 0.223. The first kappa shape index (κ1) is 14.6. The molecule has 0 bridgehead atoms. The summed E-state index contributed by atoms with van der Waals surface area (Å²) in [5.74, 6) is -2.33. The first-order valence-corrected chi connectivity index (χ1v) is 6.38. The minimum absolute atomic E-state index is 0.146. The minimum Gasteiger partial charge on any atom is -0.396 e. The average molecular weight is 280 g/mol. The summed E-state index contributed by atoms with van der Waals surface area (Å²) < 4.78 is 39.5. The van der Waals surface area contributed by atoms with Crippen molar-refractivity contribution in [3.05, 3.63) is 71.0 Å². The van der Waals surface area contributed by atoms with E-state index in [1.165, 1.54) is 24.3 Å². The molecule has 0 spiro atoms. The standard InChI is InChI=1S/C16H15F3O/c17-14-6-4-11(5-7-14)8-12(10-20)9-13-2-1-3-15(18)16(13)19/h1-7,12,20H,8-10H2. The molecular formula is C16H15F3O. The number of hydrogen-bond acceptors (Lipinski definition) is 1. The molecule has 4 heteroatoms. The van der Waals surface area contributed by atoms with Crippen LogP contribution in [0.4, 0.5) is 13.2 Å². The second-order valence-corrected chi connectivity index (χ2v) is 4.80. The second-order valence-electron chi connectivity index (χ2n) is 4.80. The van der Waals surface area contributed by atoms with Crippen LogP contribution in [0.1, 0.15) is 11.1 Å². The maximum Gasteiger partial charge on any atom is 0.162 e. The highest BCUT2D eigenvalue weighted by molar-refractivity contribution is 5.21. The Morgan fingerprint density at radius 3 is 2.25 bits per heavy atom. The van der Waals surface area contributed by atoms with Crippen LogP contribution in [-0.2, 0) is 12.8 Å². The van der Waals surface area contributed by atoms with Gasteiger partial charge in [0.15, 0.2) is 11.6 Å². The van der Waals surface area contributed by atoms with Gasteiger partial charge in [0.25, 0.3) is 0 Å². The van der Waals surface area contributed by atoms with Gasteiger partial charge in [-0.2, -0.15) is 0 Å². The largest absolute Gasteiger partial charge is 0.396 e. The smallest absolute Gasteiger partial charge is 0.162 e. The lowest BCUT2D eigenvalue weighted by Gasteiger charge is -2.15. The Morgan fingerprint density at radius 1 is 0.900 bits per heavy atom. The van der Waals surface area contributed by atoms with Crippen LogP contribution in [0.25, 0.3) is 0 Å². The molecule has 0 radical (unpaired) electrons. The van der Waals surface area contributed by atoms with Crippen LogP contribution in [0.15, 0.2) is 42.5 Å². The van der Waals surface area contributed by atoms with Gasteiger partial charge in [-0.3, -0.25) is 0 Å². The van der Waals surface area contributed by atoms with E-state index in [0.717, 1.165) is 11.6 Å². The van der Waals surface area contributed by atoms with E-state index >= 15 is 0 Å². The molecule has 0 fully saturated rings. The molecule has 1 nitrogen and oxygen atoms in total. The molecular weight excluding hydrogens is 265 g/mol. The van der Waals surface area contributed by atoms with Crippen LogP contribution in [-0.4, -0.2) is 11.7 Å². The van der Waals surface area contributed by atoms with E-state index in [9.17, 15) is 18.3 Å². The van der Waals surface area contributed by atoms with E-state index in [0.29, 0.717) is 6.42 Å². The summed E-state index contributed by atoms with van der Waals surface area (Å²) in [5, 5.41) is 9.37. The molecule has 1 atom stereocenters. The van der Waals surface area contributed by atoms with E-state index < -0.39 is 11.6 Å². The van der Waals surface area contributed by atoms with Crippen molar-refractivity contribution in [1.82, 2.24) is 0 Å². The van der Waals surface area contributed by atoms with E-state index in [2.05, 4.69) is 0 Å². The van der Waals surface area contributed by atoms with Crippen molar-refractivity contribution in [2.45, 2.75) is 12.8 Å². The van der Waals surface area contributed by atoms with Crippen molar-refractivity contribution >= 4 is 0 Å². The third kappa shape index (κ3) is 3.61. The maximum atomic E-state index is 13.6. The monoisotopic (exact) mass is 280 g/mol. The SMILES string of the molecule is OCC(Cc1ccc(F)cc1)Cc1cccc(F)c1F. The van der Waals surface area contributed by atoms with Gasteiger partial charge in [0.1, 0.15) is 5.82 Å². The fraction of sp³-hybridized carbons (Fsp3) is 0.250. The minimum atomic E-state index is -0.888. The van der Waals surface area contributed by atoms with E-state index in [4.69, 9.17) is 0 Å². The normalized spacial score (nSPS) is 12.4. The zero-order valence-electron chi connectivity index (χ0n) is 10.8. The highest BCUT2D eigenvalue weighted by atomic mass is 19.2. The fourth-order valence-corrected chi connectivity index (χ4v) is 2.17. The molecule has 2 rings (SSSR count). The molecule has 2 aromatic carbocycles. The summed E-state index contributed by atoms with van der Waals surface area (Å²) in [6.45, 7) is -0.146.